The zero-order chi connectivity index (χ0) is 14.7. The van der Waals surface area contributed by atoms with Crippen LogP contribution < -0.4 is 5.73 Å². The van der Waals surface area contributed by atoms with Gasteiger partial charge in [-0.25, -0.2) is 0 Å². The van der Waals surface area contributed by atoms with E-state index in [4.69, 9.17) is 10.3 Å². The Morgan fingerprint density at radius 2 is 2.00 bits per heavy atom. The largest absolute Gasteiger partial charge is 0.340 e. The Morgan fingerprint density at radius 1 is 1.35 bits per heavy atom. The van der Waals surface area contributed by atoms with Gasteiger partial charge in [-0.2, -0.15) is 4.98 Å². The highest BCUT2D eigenvalue weighted by molar-refractivity contribution is 5.82. The fourth-order valence-corrected chi connectivity index (χ4v) is 1.85. The van der Waals surface area contributed by atoms with Gasteiger partial charge in [0.15, 0.2) is 5.82 Å². The summed E-state index contributed by atoms with van der Waals surface area (Å²) in [5.41, 5.74) is 7.91. The normalized spacial score (nSPS) is 12.2. The molecule has 0 radical (unpaired) electrons. The van der Waals surface area contributed by atoms with Gasteiger partial charge < -0.3 is 15.2 Å². The van der Waals surface area contributed by atoms with Gasteiger partial charge in [0.1, 0.15) is 6.04 Å². The summed E-state index contributed by atoms with van der Waals surface area (Å²) in [5, 5.41) is 3.76. The summed E-state index contributed by atoms with van der Waals surface area (Å²) in [5.74, 6) is 0.759. The molecular formula is C14H18N4O2. The fourth-order valence-electron chi connectivity index (χ4n) is 1.85. The van der Waals surface area contributed by atoms with Gasteiger partial charge in [0, 0.05) is 14.0 Å². The van der Waals surface area contributed by atoms with Crippen LogP contribution in [0.15, 0.2) is 28.8 Å². The van der Waals surface area contributed by atoms with Crippen LogP contribution in [-0.4, -0.2) is 28.0 Å². The third kappa shape index (κ3) is 3.21. The summed E-state index contributed by atoms with van der Waals surface area (Å²) in [6.07, 6.45) is 0. The number of carbonyl (C=O) groups excluding carboxylic acids is 1. The maximum Gasteiger partial charge on any atom is 0.244 e. The summed E-state index contributed by atoms with van der Waals surface area (Å²) in [7, 11) is 1.67. The van der Waals surface area contributed by atoms with Gasteiger partial charge in [0.05, 0.1) is 6.54 Å². The monoisotopic (exact) mass is 274 g/mol. The molecule has 1 unspecified atom stereocenters. The van der Waals surface area contributed by atoms with E-state index in [1.165, 1.54) is 4.90 Å². The van der Waals surface area contributed by atoms with Crippen LogP contribution in [0.3, 0.4) is 0 Å². The maximum absolute atomic E-state index is 12.3. The number of benzene rings is 1. The smallest absolute Gasteiger partial charge is 0.244 e. The van der Waals surface area contributed by atoms with Crippen LogP contribution >= 0.6 is 0 Å². The summed E-state index contributed by atoms with van der Waals surface area (Å²) in [6, 6.07) is 6.92. The predicted molar refractivity (Wildman–Crippen MR) is 73.6 cm³/mol. The zero-order valence-electron chi connectivity index (χ0n) is 11.8. The number of aromatic nitrogens is 2. The number of carbonyl (C=O) groups is 1. The molecule has 0 fully saturated rings. The van der Waals surface area contributed by atoms with Crippen molar-refractivity contribution in [1.29, 1.82) is 0 Å². The molecule has 1 aromatic heterocycles. The number of amides is 1. The highest BCUT2D eigenvalue weighted by Gasteiger charge is 2.21. The minimum Gasteiger partial charge on any atom is -0.340 e. The van der Waals surface area contributed by atoms with Crippen LogP contribution in [-0.2, 0) is 11.3 Å². The predicted octanol–water partition coefficient (Wildman–Crippen LogP) is 1.34. The number of nitrogens with two attached hydrogens (primary N) is 1. The van der Waals surface area contributed by atoms with Crippen LogP contribution in [0.25, 0.3) is 0 Å². The van der Waals surface area contributed by atoms with Gasteiger partial charge in [0.25, 0.3) is 0 Å². The van der Waals surface area contributed by atoms with E-state index < -0.39 is 6.04 Å². The third-order valence-electron chi connectivity index (χ3n) is 3.03. The lowest BCUT2D eigenvalue weighted by Crippen LogP contribution is -2.35. The lowest BCUT2D eigenvalue weighted by molar-refractivity contribution is -0.132. The molecule has 0 aliphatic rings. The van der Waals surface area contributed by atoms with Gasteiger partial charge in [0.2, 0.25) is 11.8 Å². The SMILES string of the molecule is Cc1ccc(C(N)C(=O)N(C)Cc2noc(C)n2)cc1. The third-order valence-corrected chi connectivity index (χ3v) is 3.03. The van der Waals surface area contributed by atoms with E-state index in [1.54, 1.807) is 14.0 Å². The molecule has 0 aliphatic carbocycles. The quantitative estimate of drug-likeness (QED) is 0.909. The van der Waals surface area contributed by atoms with Gasteiger partial charge in [-0.3, -0.25) is 4.79 Å². The number of hydrogen-bond donors (Lipinski definition) is 1. The number of rotatable bonds is 4. The summed E-state index contributed by atoms with van der Waals surface area (Å²) >= 11 is 0. The van der Waals surface area contributed by atoms with Gasteiger partial charge in [-0.05, 0) is 12.5 Å². The summed E-state index contributed by atoms with van der Waals surface area (Å²) in [4.78, 5) is 17.8. The standard InChI is InChI=1S/C14H18N4O2/c1-9-4-6-11(7-5-9)13(15)14(19)18(3)8-12-16-10(2)20-17-12/h4-7,13H,8,15H2,1-3H3. The minimum atomic E-state index is -0.686. The molecule has 0 saturated heterocycles. The van der Waals surface area contributed by atoms with Gasteiger partial charge in [-0.15, -0.1) is 0 Å². The molecule has 1 heterocycles. The summed E-state index contributed by atoms with van der Waals surface area (Å²) < 4.78 is 4.87. The van der Waals surface area contributed by atoms with Crippen molar-refractivity contribution >= 4 is 5.91 Å². The molecule has 1 aromatic carbocycles. The van der Waals surface area contributed by atoms with Crippen LogP contribution in [0.2, 0.25) is 0 Å². The number of nitrogens with zero attached hydrogens (tertiary/aromatic N) is 3. The van der Waals surface area contributed by atoms with Gasteiger partial charge in [-0.1, -0.05) is 35.0 Å². The fraction of sp³-hybridized carbons (Fsp3) is 0.357. The highest BCUT2D eigenvalue weighted by atomic mass is 16.5. The van der Waals surface area contributed by atoms with E-state index >= 15 is 0 Å². The molecule has 0 spiro atoms. The van der Waals surface area contributed by atoms with E-state index in [2.05, 4.69) is 10.1 Å². The van der Waals surface area contributed by atoms with Crippen molar-refractivity contribution in [1.82, 2.24) is 15.0 Å². The van der Waals surface area contributed by atoms with E-state index in [0.29, 0.717) is 11.7 Å². The van der Waals surface area contributed by atoms with Crippen molar-refractivity contribution < 1.29 is 9.32 Å². The van der Waals surface area contributed by atoms with Crippen molar-refractivity contribution in [2.75, 3.05) is 7.05 Å². The first-order valence-electron chi connectivity index (χ1n) is 6.33. The Morgan fingerprint density at radius 3 is 2.55 bits per heavy atom. The van der Waals surface area contributed by atoms with Crippen molar-refractivity contribution in [3.63, 3.8) is 0 Å². The molecule has 20 heavy (non-hydrogen) atoms. The second kappa shape index (κ2) is 5.83. The number of aryl methyl sites for hydroxylation is 2. The van der Waals surface area contributed by atoms with Crippen molar-refractivity contribution in [3.8, 4) is 0 Å². The molecule has 1 amide bonds. The molecule has 106 valence electrons. The Hall–Kier alpha value is -2.21. The van der Waals surface area contributed by atoms with Crippen LogP contribution in [0.1, 0.15) is 28.9 Å². The molecule has 0 saturated carbocycles. The Kier molecular flexibility index (Phi) is 4.14. The van der Waals surface area contributed by atoms with Crippen molar-refractivity contribution in [2.24, 2.45) is 5.73 Å². The lowest BCUT2D eigenvalue weighted by Gasteiger charge is -2.20. The molecule has 6 nitrogen and oxygen atoms in total. The molecule has 1 atom stereocenters. The first-order valence-corrected chi connectivity index (χ1v) is 6.33. The van der Waals surface area contributed by atoms with E-state index in [-0.39, 0.29) is 12.5 Å². The van der Waals surface area contributed by atoms with Gasteiger partial charge >= 0.3 is 0 Å². The van der Waals surface area contributed by atoms with E-state index in [0.717, 1.165) is 11.1 Å². The van der Waals surface area contributed by atoms with E-state index in [9.17, 15) is 4.79 Å². The van der Waals surface area contributed by atoms with Crippen molar-refractivity contribution in [2.45, 2.75) is 26.4 Å². The van der Waals surface area contributed by atoms with E-state index in [1.807, 2.05) is 31.2 Å². The first-order chi connectivity index (χ1) is 9.47. The molecule has 2 aromatic rings. The Bertz CT molecular complexity index is 591. The molecule has 6 heteroatoms. The average molecular weight is 274 g/mol. The molecule has 0 bridgehead atoms. The zero-order valence-corrected chi connectivity index (χ0v) is 11.8. The molecule has 0 aliphatic heterocycles. The Labute approximate surface area is 117 Å². The van der Waals surface area contributed by atoms with Crippen LogP contribution in [0.4, 0.5) is 0 Å². The maximum atomic E-state index is 12.3. The van der Waals surface area contributed by atoms with Crippen LogP contribution in [0, 0.1) is 13.8 Å². The van der Waals surface area contributed by atoms with Crippen molar-refractivity contribution in [3.05, 3.63) is 47.1 Å². The molecular weight excluding hydrogens is 256 g/mol. The highest BCUT2D eigenvalue weighted by Crippen LogP contribution is 2.14. The second-order valence-electron chi connectivity index (χ2n) is 4.81. The minimum absolute atomic E-state index is 0.184. The number of hydrogen-bond acceptors (Lipinski definition) is 5. The average Bonchev–Trinajstić information content (AvgIpc) is 2.83. The van der Waals surface area contributed by atoms with Crippen LogP contribution in [0.5, 0.6) is 0 Å². The topological polar surface area (TPSA) is 85.3 Å². The Balaban J connectivity index is 2.04. The summed E-state index contributed by atoms with van der Waals surface area (Å²) in [6.45, 7) is 3.97. The first kappa shape index (κ1) is 14.2. The molecule has 2 N–H and O–H groups in total. The number of likely N-dealkylation sites (N-methyl/N-ethyl adjacent to an activating group) is 1. The second-order valence-corrected chi connectivity index (χ2v) is 4.81. The lowest BCUT2D eigenvalue weighted by atomic mass is 10.0. The molecule has 2 rings (SSSR count).